The number of aliphatic imine (C=N–C) groups is 1. The summed E-state index contributed by atoms with van der Waals surface area (Å²) in [5, 5.41) is 2.51. The second-order valence-corrected chi connectivity index (χ2v) is 8.75. The van der Waals surface area contributed by atoms with Crippen LogP contribution in [0.2, 0.25) is 0 Å². The van der Waals surface area contributed by atoms with Crippen molar-refractivity contribution in [1.29, 1.82) is 0 Å². The summed E-state index contributed by atoms with van der Waals surface area (Å²) in [6.45, 7) is 6.79. The van der Waals surface area contributed by atoms with Crippen LogP contribution in [-0.2, 0) is 15.1 Å². The lowest BCUT2D eigenvalue weighted by atomic mass is 9.90. The van der Waals surface area contributed by atoms with Gasteiger partial charge in [0, 0.05) is 18.6 Å². The number of halogens is 1. The highest BCUT2D eigenvalue weighted by atomic mass is 32.2. The van der Waals surface area contributed by atoms with E-state index in [0.29, 0.717) is 11.6 Å². The van der Waals surface area contributed by atoms with Crippen LogP contribution in [0.15, 0.2) is 21.5 Å². The first-order valence-electron chi connectivity index (χ1n) is 9.03. The van der Waals surface area contributed by atoms with E-state index in [1.54, 1.807) is 27.7 Å². The topological polar surface area (TPSA) is 122 Å². The molecule has 1 atom stereocenters. The van der Waals surface area contributed by atoms with Gasteiger partial charge in [0.1, 0.15) is 34.3 Å². The highest BCUT2D eigenvalue weighted by Gasteiger charge is 2.43. The lowest BCUT2D eigenvalue weighted by molar-refractivity contribution is -0.124. The molecule has 2 aliphatic rings. The van der Waals surface area contributed by atoms with Crippen molar-refractivity contribution in [1.82, 2.24) is 15.2 Å². The molecule has 0 unspecified atom stereocenters. The zero-order valence-corrected chi connectivity index (χ0v) is 17.5. The SMILES string of the molecule is CC(C)(C)OC(=O)NC1=N[C@@](C)(c2nc(N)ccc2F)CC2=NSCCC(=O)N21. The van der Waals surface area contributed by atoms with E-state index in [2.05, 4.69) is 19.7 Å². The van der Waals surface area contributed by atoms with Crippen LogP contribution in [0.5, 0.6) is 0 Å². The molecule has 1 aromatic heterocycles. The Balaban J connectivity index is 2.08. The molecule has 2 aliphatic heterocycles. The molecule has 0 aliphatic carbocycles. The number of nitrogens with one attached hydrogen (secondary N) is 1. The van der Waals surface area contributed by atoms with Crippen molar-refractivity contribution in [2.45, 2.75) is 51.7 Å². The maximum Gasteiger partial charge on any atom is 0.414 e. The van der Waals surface area contributed by atoms with Gasteiger partial charge in [0.2, 0.25) is 11.9 Å². The molecule has 3 heterocycles. The number of aromatic nitrogens is 1. The quantitative estimate of drug-likeness (QED) is 0.671. The zero-order chi connectivity index (χ0) is 21.4. The molecule has 11 heteroatoms. The average molecular weight is 422 g/mol. The minimum Gasteiger partial charge on any atom is -0.444 e. The highest BCUT2D eigenvalue weighted by molar-refractivity contribution is 7.98. The number of ether oxygens (including phenoxy) is 1. The number of pyridine rings is 1. The smallest absolute Gasteiger partial charge is 0.414 e. The van der Waals surface area contributed by atoms with Crippen LogP contribution in [0.25, 0.3) is 0 Å². The number of amidine groups is 1. The van der Waals surface area contributed by atoms with Crippen LogP contribution in [0, 0.1) is 5.82 Å². The second kappa shape index (κ2) is 7.62. The minimum atomic E-state index is -1.23. The van der Waals surface area contributed by atoms with Crippen molar-refractivity contribution in [3.8, 4) is 0 Å². The fraction of sp³-hybridized carbons (Fsp3) is 0.500. The summed E-state index contributed by atoms with van der Waals surface area (Å²) in [7, 11) is 0. The van der Waals surface area contributed by atoms with Gasteiger partial charge >= 0.3 is 6.09 Å². The molecule has 0 bridgehead atoms. The number of nitrogen functional groups attached to an aromatic ring is 1. The van der Waals surface area contributed by atoms with E-state index in [-0.39, 0.29) is 36.2 Å². The molecule has 29 heavy (non-hydrogen) atoms. The summed E-state index contributed by atoms with van der Waals surface area (Å²) in [6, 6.07) is 2.56. The molecule has 0 saturated heterocycles. The average Bonchev–Trinajstić information content (AvgIpc) is 2.76. The molecule has 2 amide bonds. The maximum absolute atomic E-state index is 14.6. The van der Waals surface area contributed by atoms with Crippen LogP contribution in [-0.4, -0.2) is 45.0 Å². The Morgan fingerprint density at radius 2 is 2.14 bits per heavy atom. The molecule has 0 fully saturated rings. The molecular weight excluding hydrogens is 399 g/mol. The van der Waals surface area contributed by atoms with Crippen molar-refractivity contribution in [2.24, 2.45) is 9.39 Å². The van der Waals surface area contributed by atoms with E-state index < -0.39 is 23.1 Å². The first kappa shape index (κ1) is 21.0. The number of hydrogen-bond acceptors (Lipinski definition) is 8. The van der Waals surface area contributed by atoms with Gasteiger partial charge in [-0.1, -0.05) is 0 Å². The van der Waals surface area contributed by atoms with Crippen LogP contribution >= 0.6 is 11.9 Å². The summed E-state index contributed by atoms with van der Waals surface area (Å²) in [6.07, 6.45) is -0.460. The number of carbonyl (C=O) groups is 2. The van der Waals surface area contributed by atoms with Gasteiger partial charge in [-0.2, -0.15) is 0 Å². The molecule has 1 aromatic rings. The van der Waals surface area contributed by atoms with Gasteiger partial charge in [-0.05, 0) is 51.8 Å². The minimum absolute atomic E-state index is 0.00466. The first-order chi connectivity index (χ1) is 13.5. The Kier molecular flexibility index (Phi) is 5.52. The van der Waals surface area contributed by atoms with Gasteiger partial charge in [0.15, 0.2) is 0 Å². The Bertz CT molecular complexity index is 913. The Hall–Kier alpha value is -2.69. The zero-order valence-electron chi connectivity index (χ0n) is 16.7. The van der Waals surface area contributed by atoms with Crippen molar-refractivity contribution in [3.05, 3.63) is 23.6 Å². The normalized spacial score (nSPS) is 22.2. The number of guanidine groups is 1. The monoisotopic (exact) mass is 422 g/mol. The molecule has 156 valence electrons. The highest BCUT2D eigenvalue weighted by Crippen LogP contribution is 2.36. The largest absolute Gasteiger partial charge is 0.444 e. The van der Waals surface area contributed by atoms with E-state index in [1.807, 2.05) is 0 Å². The number of rotatable bonds is 1. The molecule has 0 spiro atoms. The molecular formula is C18H23FN6O3S. The second-order valence-electron chi connectivity index (χ2n) is 7.90. The van der Waals surface area contributed by atoms with Crippen LogP contribution < -0.4 is 11.1 Å². The Morgan fingerprint density at radius 1 is 1.41 bits per heavy atom. The van der Waals surface area contributed by atoms with E-state index in [0.717, 1.165) is 0 Å². The number of fused-ring (bicyclic) bond motifs is 1. The summed E-state index contributed by atoms with van der Waals surface area (Å²) < 4.78 is 24.2. The molecule has 3 rings (SSSR count). The lowest BCUT2D eigenvalue weighted by Gasteiger charge is -2.36. The first-order valence-corrected chi connectivity index (χ1v) is 9.97. The standard InChI is InChI=1S/C18H23FN6O3S/c1-17(2,3)28-16(27)22-15-23-18(4,14-10(19)5-6-11(20)21-14)9-12-24-29-8-7-13(26)25(12)15/h5-6H,7-9H2,1-4H3,(H2,20,21)(H,22,23,27)/t18-/m1/s1. The van der Waals surface area contributed by atoms with Gasteiger partial charge in [-0.3, -0.25) is 10.1 Å². The third-order valence-corrected chi connectivity index (χ3v) is 4.87. The number of nitrogens with zero attached hydrogens (tertiary/aromatic N) is 4. The van der Waals surface area contributed by atoms with Crippen LogP contribution in [0.3, 0.4) is 0 Å². The number of nitrogens with two attached hydrogens (primary N) is 1. The van der Waals surface area contributed by atoms with E-state index in [1.165, 1.54) is 29.0 Å². The Labute approximate surface area is 172 Å². The van der Waals surface area contributed by atoms with Crippen LogP contribution in [0.1, 0.15) is 46.2 Å². The molecule has 3 N–H and O–H groups in total. The van der Waals surface area contributed by atoms with Crippen molar-refractivity contribution < 1.29 is 18.7 Å². The van der Waals surface area contributed by atoms with Gasteiger partial charge in [0.25, 0.3) is 0 Å². The third kappa shape index (κ3) is 4.66. The fourth-order valence-corrected chi connectivity index (χ4v) is 3.64. The number of amides is 2. The van der Waals surface area contributed by atoms with Crippen molar-refractivity contribution in [2.75, 3.05) is 11.5 Å². The number of anilines is 1. The number of hydrogen-bond donors (Lipinski definition) is 2. The summed E-state index contributed by atoms with van der Waals surface area (Å²) >= 11 is 1.23. The van der Waals surface area contributed by atoms with Crippen molar-refractivity contribution in [3.63, 3.8) is 0 Å². The predicted molar refractivity (Wildman–Crippen MR) is 109 cm³/mol. The van der Waals surface area contributed by atoms with E-state index in [4.69, 9.17) is 10.5 Å². The third-order valence-electron chi connectivity index (χ3n) is 4.14. The fourth-order valence-electron chi connectivity index (χ4n) is 2.98. The van der Waals surface area contributed by atoms with E-state index >= 15 is 0 Å². The van der Waals surface area contributed by atoms with Crippen molar-refractivity contribution >= 4 is 41.6 Å². The van der Waals surface area contributed by atoms with E-state index in [9.17, 15) is 14.0 Å². The predicted octanol–water partition coefficient (Wildman–Crippen LogP) is 2.58. The number of alkyl carbamates (subject to hydrolysis) is 1. The lowest BCUT2D eigenvalue weighted by Crippen LogP contribution is -2.55. The Morgan fingerprint density at radius 3 is 2.83 bits per heavy atom. The van der Waals surface area contributed by atoms with Gasteiger partial charge < -0.3 is 10.5 Å². The molecule has 0 saturated carbocycles. The summed E-state index contributed by atoms with van der Waals surface area (Å²) in [5.41, 5.74) is 3.76. The van der Waals surface area contributed by atoms with Gasteiger partial charge in [-0.15, -0.1) is 0 Å². The summed E-state index contributed by atoms with van der Waals surface area (Å²) in [5.74, 6) is 0.0261. The molecule has 0 aromatic carbocycles. The maximum atomic E-state index is 14.6. The van der Waals surface area contributed by atoms with Gasteiger partial charge in [-0.25, -0.2) is 28.5 Å². The van der Waals surface area contributed by atoms with Crippen LogP contribution in [0.4, 0.5) is 15.0 Å². The number of carbonyl (C=O) groups excluding carboxylic acids is 2. The molecule has 9 nitrogen and oxygen atoms in total. The summed E-state index contributed by atoms with van der Waals surface area (Å²) in [4.78, 5) is 34.8. The van der Waals surface area contributed by atoms with Gasteiger partial charge in [0.05, 0.1) is 0 Å². The molecule has 0 radical (unpaired) electrons.